The fourth-order valence-electron chi connectivity index (χ4n) is 2.19. The van der Waals surface area contributed by atoms with Crippen LogP contribution in [0.25, 0.3) is 10.8 Å². The van der Waals surface area contributed by atoms with E-state index in [9.17, 15) is 0 Å². The lowest BCUT2D eigenvalue weighted by molar-refractivity contribution is 0.729. The number of hydrogen-bond donors (Lipinski definition) is 2. The van der Waals surface area contributed by atoms with Gasteiger partial charge in [-0.2, -0.15) is 0 Å². The van der Waals surface area contributed by atoms with Crippen LogP contribution in [0.5, 0.6) is 0 Å². The van der Waals surface area contributed by atoms with Crippen LogP contribution in [-0.2, 0) is 6.54 Å². The van der Waals surface area contributed by atoms with Gasteiger partial charge in [0.25, 0.3) is 0 Å². The van der Waals surface area contributed by atoms with Crippen LogP contribution >= 0.6 is 24.0 Å². The van der Waals surface area contributed by atoms with Crippen LogP contribution in [0.2, 0.25) is 0 Å². The summed E-state index contributed by atoms with van der Waals surface area (Å²) in [6.45, 7) is 6.66. The summed E-state index contributed by atoms with van der Waals surface area (Å²) in [5, 5.41) is 9.01. The van der Waals surface area contributed by atoms with Crippen molar-refractivity contribution in [1.82, 2.24) is 15.6 Å². The molecule has 120 valence electrons. The molecular formula is C17H25IN4. The van der Waals surface area contributed by atoms with Crippen molar-refractivity contribution >= 4 is 40.7 Å². The van der Waals surface area contributed by atoms with E-state index in [4.69, 9.17) is 0 Å². The number of nitrogens with zero attached hydrogens (tertiary/aromatic N) is 2. The first-order valence-corrected chi connectivity index (χ1v) is 7.70. The molecule has 0 bridgehead atoms. The number of nitrogens with one attached hydrogen (secondary N) is 2. The molecule has 0 saturated heterocycles. The largest absolute Gasteiger partial charge is 0.357 e. The van der Waals surface area contributed by atoms with E-state index in [-0.39, 0.29) is 24.0 Å². The summed E-state index contributed by atoms with van der Waals surface area (Å²) in [4.78, 5) is 9.11. The van der Waals surface area contributed by atoms with Gasteiger partial charge < -0.3 is 10.6 Å². The molecule has 4 nitrogen and oxygen atoms in total. The molecule has 1 aromatic carbocycles. The zero-order chi connectivity index (χ0) is 14.9. The number of aromatic nitrogens is 1. The summed E-state index contributed by atoms with van der Waals surface area (Å²) in [6.07, 6.45) is 4.18. The molecule has 0 saturated carbocycles. The third-order valence-corrected chi connectivity index (χ3v) is 3.31. The average Bonchev–Trinajstić information content (AvgIpc) is 2.53. The van der Waals surface area contributed by atoms with Gasteiger partial charge in [0.1, 0.15) is 0 Å². The van der Waals surface area contributed by atoms with Gasteiger partial charge in [-0.1, -0.05) is 37.6 Å². The van der Waals surface area contributed by atoms with Crippen molar-refractivity contribution in [2.75, 3.05) is 13.1 Å². The van der Waals surface area contributed by atoms with Crippen molar-refractivity contribution in [3.63, 3.8) is 0 Å². The van der Waals surface area contributed by atoms with E-state index >= 15 is 0 Å². The first kappa shape index (κ1) is 18.7. The van der Waals surface area contributed by atoms with Crippen molar-refractivity contribution in [3.8, 4) is 0 Å². The van der Waals surface area contributed by atoms with Crippen LogP contribution < -0.4 is 10.6 Å². The summed E-state index contributed by atoms with van der Waals surface area (Å²) < 4.78 is 0. The molecule has 2 rings (SSSR count). The lowest BCUT2D eigenvalue weighted by atomic mass is 10.1. The van der Waals surface area contributed by atoms with Gasteiger partial charge >= 0.3 is 0 Å². The van der Waals surface area contributed by atoms with E-state index in [1.807, 2.05) is 24.4 Å². The van der Waals surface area contributed by atoms with Crippen LogP contribution in [-0.4, -0.2) is 24.0 Å². The van der Waals surface area contributed by atoms with E-state index in [0.717, 1.165) is 31.2 Å². The Hall–Kier alpha value is -1.37. The normalized spacial score (nSPS) is 11.1. The maximum atomic E-state index is 4.64. The Morgan fingerprint density at radius 2 is 1.95 bits per heavy atom. The fourth-order valence-corrected chi connectivity index (χ4v) is 2.19. The van der Waals surface area contributed by atoms with Crippen molar-refractivity contribution in [1.29, 1.82) is 0 Å². The number of fused-ring (bicyclic) bond motifs is 1. The second-order valence-corrected chi connectivity index (χ2v) is 4.95. The van der Waals surface area contributed by atoms with E-state index in [2.05, 4.69) is 46.6 Å². The molecule has 0 atom stereocenters. The van der Waals surface area contributed by atoms with Crippen molar-refractivity contribution in [3.05, 3.63) is 42.2 Å². The van der Waals surface area contributed by atoms with E-state index in [0.29, 0.717) is 6.54 Å². The Bertz CT molecular complexity index is 593. The molecule has 2 N–H and O–H groups in total. The Labute approximate surface area is 149 Å². The third kappa shape index (κ3) is 5.44. The van der Waals surface area contributed by atoms with Crippen molar-refractivity contribution < 1.29 is 0 Å². The van der Waals surface area contributed by atoms with Gasteiger partial charge in [-0.25, -0.2) is 4.99 Å². The molecule has 2 aromatic rings. The highest BCUT2D eigenvalue weighted by Gasteiger charge is 2.02. The predicted molar refractivity (Wildman–Crippen MR) is 105 cm³/mol. The van der Waals surface area contributed by atoms with Crippen molar-refractivity contribution in [2.45, 2.75) is 33.2 Å². The van der Waals surface area contributed by atoms with E-state index < -0.39 is 0 Å². The Balaban J connectivity index is 0.00000242. The second-order valence-electron chi connectivity index (χ2n) is 4.95. The van der Waals surface area contributed by atoms with E-state index in [1.54, 1.807) is 0 Å². The summed E-state index contributed by atoms with van der Waals surface area (Å²) in [5.74, 6) is 0.862. The molecule has 0 spiro atoms. The number of benzene rings is 1. The molecule has 1 aromatic heterocycles. The molecule has 0 fully saturated rings. The highest BCUT2D eigenvalue weighted by Crippen LogP contribution is 2.16. The molecule has 0 aliphatic carbocycles. The predicted octanol–water partition coefficient (Wildman–Crippen LogP) is 3.71. The third-order valence-electron chi connectivity index (χ3n) is 3.31. The number of rotatable bonds is 6. The maximum Gasteiger partial charge on any atom is 0.191 e. The summed E-state index contributed by atoms with van der Waals surface area (Å²) >= 11 is 0. The smallest absolute Gasteiger partial charge is 0.191 e. The summed E-state index contributed by atoms with van der Waals surface area (Å²) in [6, 6.07) is 10.3. The quantitative estimate of drug-likeness (QED) is 0.329. The molecular weight excluding hydrogens is 387 g/mol. The summed E-state index contributed by atoms with van der Waals surface area (Å²) in [5.41, 5.74) is 1.01. The number of pyridine rings is 1. The lowest BCUT2D eigenvalue weighted by Crippen LogP contribution is -2.37. The van der Waals surface area contributed by atoms with Crippen molar-refractivity contribution in [2.24, 2.45) is 4.99 Å². The highest BCUT2D eigenvalue weighted by atomic mass is 127. The lowest BCUT2D eigenvalue weighted by Gasteiger charge is -2.11. The number of halogens is 1. The van der Waals surface area contributed by atoms with Gasteiger partial charge in [0.2, 0.25) is 0 Å². The Morgan fingerprint density at radius 3 is 2.73 bits per heavy atom. The minimum Gasteiger partial charge on any atom is -0.357 e. The number of hydrogen-bond acceptors (Lipinski definition) is 2. The Kier molecular flexibility index (Phi) is 8.81. The molecule has 22 heavy (non-hydrogen) atoms. The van der Waals surface area contributed by atoms with Gasteiger partial charge in [0.15, 0.2) is 5.96 Å². The highest BCUT2D eigenvalue weighted by molar-refractivity contribution is 14.0. The van der Waals surface area contributed by atoms with Gasteiger partial charge in [-0.15, -0.1) is 24.0 Å². The monoisotopic (exact) mass is 412 g/mol. The first-order valence-electron chi connectivity index (χ1n) is 7.70. The average molecular weight is 412 g/mol. The Morgan fingerprint density at radius 1 is 1.14 bits per heavy atom. The number of unbranched alkanes of at least 4 members (excludes halogenated alkanes) is 1. The topological polar surface area (TPSA) is 49.3 Å². The molecule has 0 aliphatic rings. The van der Waals surface area contributed by atoms with Gasteiger partial charge in [-0.3, -0.25) is 4.98 Å². The fraction of sp³-hybridized carbons (Fsp3) is 0.412. The second kappa shape index (κ2) is 10.4. The number of aliphatic imine (C=N–C) groups is 1. The van der Waals surface area contributed by atoms with Crippen LogP contribution in [0, 0.1) is 0 Å². The molecule has 0 aliphatic heterocycles. The first-order chi connectivity index (χ1) is 10.3. The van der Waals surface area contributed by atoms with Crippen LogP contribution in [0.4, 0.5) is 0 Å². The molecule has 5 heteroatoms. The van der Waals surface area contributed by atoms with Crippen LogP contribution in [0.3, 0.4) is 0 Å². The van der Waals surface area contributed by atoms with E-state index in [1.165, 1.54) is 17.2 Å². The number of guanidine groups is 1. The van der Waals surface area contributed by atoms with Crippen LogP contribution in [0.15, 0.2) is 41.5 Å². The van der Waals surface area contributed by atoms with Crippen LogP contribution in [0.1, 0.15) is 32.4 Å². The minimum atomic E-state index is 0. The van der Waals surface area contributed by atoms with Gasteiger partial charge in [0, 0.05) is 24.7 Å². The molecule has 0 radical (unpaired) electrons. The molecule has 0 unspecified atom stereocenters. The molecule has 0 amide bonds. The maximum absolute atomic E-state index is 4.64. The molecule has 1 heterocycles. The zero-order valence-corrected chi connectivity index (χ0v) is 15.6. The minimum absolute atomic E-state index is 0. The SMILES string of the molecule is CCCCNC(=NCc1nccc2ccccc12)NCC.I. The summed E-state index contributed by atoms with van der Waals surface area (Å²) in [7, 11) is 0. The zero-order valence-electron chi connectivity index (χ0n) is 13.3. The standard InChI is InChI=1S/C17H24N4.HI/c1-3-5-11-20-17(18-4-2)21-13-16-15-9-7-6-8-14(15)10-12-19-16;/h6-10,12H,3-5,11,13H2,1-2H3,(H2,18,20,21);1H. The van der Waals surface area contributed by atoms with Gasteiger partial charge in [0.05, 0.1) is 12.2 Å². The van der Waals surface area contributed by atoms with Gasteiger partial charge in [-0.05, 0) is 24.8 Å².